The summed E-state index contributed by atoms with van der Waals surface area (Å²) < 4.78 is 55.8. The van der Waals surface area contributed by atoms with Crippen molar-refractivity contribution in [2.45, 2.75) is 45.9 Å². The number of carbonyl (C=O) groups excluding carboxylic acids is 3. The molecule has 0 radical (unpaired) electrons. The SMILES string of the molecule is COc1c(C)c2c(c(N(C)C(=O)C(F)(F)F)c1CC=C(C)CCC(=O)OCCN1CCNC1)C(=O)OC2. The first-order valence-electron chi connectivity index (χ1n) is 11.9. The van der Waals surface area contributed by atoms with Crippen LogP contribution in [-0.2, 0) is 32.1 Å². The molecule has 9 nitrogen and oxygen atoms in total. The number of esters is 2. The van der Waals surface area contributed by atoms with E-state index in [0.29, 0.717) is 35.6 Å². The minimum atomic E-state index is -5.14. The zero-order valence-corrected chi connectivity index (χ0v) is 21.4. The quantitative estimate of drug-likeness (QED) is 0.367. The summed E-state index contributed by atoms with van der Waals surface area (Å²) in [6.45, 7) is 6.90. The van der Waals surface area contributed by atoms with Crippen LogP contribution in [0.25, 0.3) is 0 Å². The third-order valence-electron chi connectivity index (χ3n) is 6.52. The van der Waals surface area contributed by atoms with Crippen molar-refractivity contribution in [2.24, 2.45) is 0 Å². The summed E-state index contributed by atoms with van der Waals surface area (Å²) in [6.07, 6.45) is -2.81. The number of cyclic esters (lactones) is 1. The third kappa shape index (κ3) is 6.61. The molecule has 2 aliphatic heterocycles. The number of benzene rings is 1. The van der Waals surface area contributed by atoms with Crippen molar-refractivity contribution in [3.8, 4) is 5.75 Å². The Morgan fingerprint density at radius 2 is 2.00 bits per heavy atom. The van der Waals surface area contributed by atoms with Crippen molar-refractivity contribution < 1.29 is 41.8 Å². The Labute approximate surface area is 213 Å². The Morgan fingerprint density at radius 1 is 1.27 bits per heavy atom. The van der Waals surface area contributed by atoms with Crippen molar-refractivity contribution in [1.29, 1.82) is 0 Å². The van der Waals surface area contributed by atoms with Gasteiger partial charge in [0.25, 0.3) is 0 Å². The second-order valence-corrected chi connectivity index (χ2v) is 9.03. The van der Waals surface area contributed by atoms with E-state index in [-0.39, 0.29) is 48.0 Å². The van der Waals surface area contributed by atoms with Gasteiger partial charge in [-0.1, -0.05) is 11.6 Å². The highest BCUT2D eigenvalue weighted by Crippen LogP contribution is 2.43. The van der Waals surface area contributed by atoms with Crippen LogP contribution in [0.5, 0.6) is 5.75 Å². The maximum atomic E-state index is 13.3. The first-order valence-corrected chi connectivity index (χ1v) is 11.9. The smallest absolute Gasteiger partial charge is 0.471 e. The number of allylic oxidation sites excluding steroid dienone is 2. The van der Waals surface area contributed by atoms with Gasteiger partial charge in [0, 0.05) is 50.9 Å². The second-order valence-electron chi connectivity index (χ2n) is 9.03. The van der Waals surface area contributed by atoms with E-state index in [9.17, 15) is 27.6 Å². The van der Waals surface area contributed by atoms with Gasteiger partial charge >= 0.3 is 24.0 Å². The molecule has 1 aromatic carbocycles. The molecule has 1 aromatic rings. The summed E-state index contributed by atoms with van der Waals surface area (Å²) in [5, 5.41) is 3.20. The van der Waals surface area contributed by atoms with Crippen LogP contribution in [0.15, 0.2) is 11.6 Å². The molecule has 2 aliphatic rings. The summed E-state index contributed by atoms with van der Waals surface area (Å²) in [7, 11) is 2.34. The minimum Gasteiger partial charge on any atom is -0.496 e. The Hall–Kier alpha value is -3.12. The van der Waals surface area contributed by atoms with Gasteiger partial charge < -0.3 is 24.4 Å². The van der Waals surface area contributed by atoms with E-state index in [4.69, 9.17) is 14.2 Å². The summed E-state index contributed by atoms with van der Waals surface area (Å²) in [5.41, 5.74) is 1.71. The van der Waals surface area contributed by atoms with Crippen molar-refractivity contribution in [3.63, 3.8) is 0 Å². The molecule has 0 aliphatic carbocycles. The Bertz CT molecular complexity index is 1080. The predicted octanol–water partition coefficient (Wildman–Crippen LogP) is 2.87. The fourth-order valence-electron chi connectivity index (χ4n) is 4.47. The number of hydrogen-bond donors (Lipinski definition) is 1. The molecule has 1 saturated heterocycles. The lowest BCUT2D eigenvalue weighted by atomic mass is 9.92. The number of halogens is 3. The van der Waals surface area contributed by atoms with Crippen LogP contribution in [0, 0.1) is 6.92 Å². The number of ether oxygens (including phenoxy) is 3. The van der Waals surface area contributed by atoms with Gasteiger partial charge in [0.2, 0.25) is 0 Å². The largest absolute Gasteiger partial charge is 0.496 e. The van der Waals surface area contributed by atoms with Crippen LogP contribution < -0.4 is 15.0 Å². The van der Waals surface area contributed by atoms with Gasteiger partial charge in [-0.05, 0) is 32.3 Å². The second kappa shape index (κ2) is 12.0. The molecule has 12 heteroatoms. The number of nitrogens with zero attached hydrogens (tertiary/aromatic N) is 2. The molecule has 3 rings (SSSR count). The molecule has 0 aromatic heterocycles. The average molecular weight is 528 g/mol. The maximum Gasteiger partial charge on any atom is 0.471 e. The van der Waals surface area contributed by atoms with Crippen LogP contribution in [0.1, 0.15) is 46.8 Å². The van der Waals surface area contributed by atoms with E-state index in [2.05, 4.69) is 10.2 Å². The van der Waals surface area contributed by atoms with Crippen molar-refractivity contribution in [2.75, 3.05) is 52.0 Å². The number of nitrogens with one attached hydrogen (secondary N) is 1. The number of fused-ring (bicyclic) bond motifs is 1. The number of alkyl halides is 3. The lowest BCUT2D eigenvalue weighted by Crippen LogP contribution is -2.39. The van der Waals surface area contributed by atoms with Gasteiger partial charge in [-0.25, -0.2) is 4.79 Å². The molecule has 0 bridgehead atoms. The first kappa shape index (κ1) is 28.5. The molecule has 0 atom stereocenters. The van der Waals surface area contributed by atoms with E-state index >= 15 is 0 Å². The summed E-state index contributed by atoms with van der Waals surface area (Å²) in [5.74, 6) is -2.99. The van der Waals surface area contributed by atoms with Crippen LogP contribution in [0.3, 0.4) is 0 Å². The predicted molar refractivity (Wildman–Crippen MR) is 128 cm³/mol. The van der Waals surface area contributed by atoms with Crippen LogP contribution in [0.2, 0.25) is 0 Å². The van der Waals surface area contributed by atoms with E-state index in [1.165, 1.54) is 7.11 Å². The molecule has 0 spiro atoms. The molecule has 0 saturated carbocycles. The van der Waals surface area contributed by atoms with Gasteiger partial charge in [-0.2, -0.15) is 13.2 Å². The number of methoxy groups -OCH3 is 1. The Kier molecular flexibility index (Phi) is 9.19. The van der Waals surface area contributed by atoms with E-state index < -0.39 is 18.1 Å². The normalized spacial score (nSPS) is 16.0. The lowest BCUT2D eigenvalue weighted by molar-refractivity contribution is -0.170. The van der Waals surface area contributed by atoms with Crippen LogP contribution in [-0.4, -0.2) is 76.0 Å². The number of anilines is 1. The first-order chi connectivity index (χ1) is 17.5. The molecule has 2 heterocycles. The molecule has 204 valence electrons. The summed E-state index contributed by atoms with van der Waals surface area (Å²) >= 11 is 0. The molecule has 0 unspecified atom stereocenters. The van der Waals surface area contributed by atoms with Gasteiger partial charge in [0.1, 0.15) is 19.0 Å². The van der Waals surface area contributed by atoms with Gasteiger partial charge in [0.05, 0.1) is 18.4 Å². The minimum absolute atomic E-state index is 0.0677. The maximum absolute atomic E-state index is 13.3. The average Bonchev–Trinajstić information content (AvgIpc) is 3.50. The van der Waals surface area contributed by atoms with E-state index in [1.807, 2.05) is 0 Å². The summed E-state index contributed by atoms with van der Waals surface area (Å²) in [4.78, 5) is 39.3. The summed E-state index contributed by atoms with van der Waals surface area (Å²) in [6, 6.07) is 0. The third-order valence-corrected chi connectivity index (χ3v) is 6.52. The van der Waals surface area contributed by atoms with Crippen LogP contribution in [0.4, 0.5) is 18.9 Å². The molecule has 1 N–H and O–H groups in total. The van der Waals surface area contributed by atoms with Gasteiger partial charge in [-0.15, -0.1) is 0 Å². The number of rotatable bonds is 10. The topological polar surface area (TPSA) is 97.4 Å². The molecule has 37 heavy (non-hydrogen) atoms. The lowest BCUT2D eigenvalue weighted by Gasteiger charge is -2.26. The molecule has 1 fully saturated rings. The molecule has 1 amide bonds. The van der Waals surface area contributed by atoms with Gasteiger partial charge in [0.15, 0.2) is 0 Å². The van der Waals surface area contributed by atoms with E-state index in [0.717, 1.165) is 32.4 Å². The molecular weight excluding hydrogens is 495 g/mol. The highest BCUT2D eigenvalue weighted by molar-refractivity contribution is 6.07. The zero-order chi connectivity index (χ0) is 27.3. The van der Waals surface area contributed by atoms with Crippen molar-refractivity contribution in [1.82, 2.24) is 10.2 Å². The molecular formula is C25H32F3N3O6. The fraction of sp³-hybridized carbons (Fsp3) is 0.560. The fourth-order valence-corrected chi connectivity index (χ4v) is 4.47. The highest BCUT2D eigenvalue weighted by Gasteiger charge is 2.44. The van der Waals surface area contributed by atoms with Crippen LogP contribution >= 0.6 is 0 Å². The standard InChI is InChI=1S/C25H32F3N3O6/c1-15(6-8-19(32)36-12-11-31-10-9-29-14-31)5-7-17-21(30(3)24(34)25(26,27)28)20-18(13-37-23(20)33)16(2)22(17)35-4/h5,29H,6-14H2,1-4H3. The number of hydrogen-bond acceptors (Lipinski definition) is 8. The number of amides is 1. The highest BCUT2D eigenvalue weighted by atomic mass is 19.4. The Balaban J connectivity index is 1.79. The zero-order valence-electron chi connectivity index (χ0n) is 21.4. The van der Waals surface area contributed by atoms with Gasteiger partial charge in [-0.3, -0.25) is 14.5 Å². The number of carbonyl (C=O) groups is 3. The van der Waals surface area contributed by atoms with E-state index in [1.54, 1.807) is 19.9 Å². The van der Waals surface area contributed by atoms with Crippen molar-refractivity contribution >= 4 is 23.5 Å². The van der Waals surface area contributed by atoms with Crippen molar-refractivity contribution in [3.05, 3.63) is 33.9 Å². The monoisotopic (exact) mass is 527 g/mol. The Morgan fingerprint density at radius 3 is 2.62 bits per heavy atom.